The van der Waals surface area contributed by atoms with Crippen molar-refractivity contribution in [2.75, 3.05) is 4.90 Å². The molecule has 2 heteroatoms. The number of para-hydroxylation sites is 1. The smallest absolute Gasteiger partial charge is 0.143 e. The van der Waals surface area contributed by atoms with Crippen LogP contribution in [0, 0.1) is 0 Å². The van der Waals surface area contributed by atoms with Crippen molar-refractivity contribution in [3.05, 3.63) is 199 Å². The van der Waals surface area contributed by atoms with Gasteiger partial charge in [0, 0.05) is 32.8 Å². The van der Waals surface area contributed by atoms with Crippen molar-refractivity contribution in [1.82, 2.24) is 0 Å². The summed E-state index contributed by atoms with van der Waals surface area (Å²) in [6.07, 6.45) is 8.34. The van der Waals surface area contributed by atoms with Gasteiger partial charge < -0.3 is 9.32 Å². The zero-order chi connectivity index (χ0) is 34.5. The fraction of sp³-hybridized carbons (Fsp3) is 0.0612. The Morgan fingerprint density at radius 1 is 0.627 bits per heavy atom. The Bertz CT molecular complexity index is 2690. The van der Waals surface area contributed by atoms with E-state index in [-0.39, 0.29) is 5.41 Å². The van der Waals surface area contributed by atoms with Crippen LogP contribution >= 0.6 is 0 Å². The Labute approximate surface area is 298 Å². The monoisotopic (exact) mass is 655 g/mol. The first-order valence-corrected chi connectivity index (χ1v) is 17.6. The fourth-order valence-electron chi connectivity index (χ4n) is 8.08. The summed E-state index contributed by atoms with van der Waals surface area (Å²) >= 11 is 0. The van der Waals surface area contributed by atoms with Crippen LogP contribution in [0.4, 0.5) is 11.4 Å². The molecule has 0 saturated carbocycles. The van der Waals surface area contributed by atoms with Crippen LogP contribution in [0.2, 0.25) is 0 Å². The molecule has 1 aliphatic carbocycles. The van der Waals surface area contributed by atoms with Crippen molar-refractivity contribution in [3.63, 3.8) is 0 Å². The molecule has 51 heavy (non-hydrogen) atoms. The van der Waals surface area contributed by atoms with E-state index >= 15 is 0 Å². The van der Waals surface area contributed by atoms with Crippen molar-refractivity contribution >= 4 is 50.2 Å². The molecule has 8 aromatic rings. The first kappa shape index (κ1) is 30.7. The maximum absolute atomic E-state index is 6.49. The van der Waals surface area contributed by atoms with Crippen molar-refractivity contribution in [2.45, 2.75) is 19.3 Å². The lowest BCUT2D eigenvalue weighted by molar-refractivity contribution is 0.660. The van der Waals surface area contributed by atoms with E-state index in [1.165, 1.54) is 33.2 Å². The molecule has 0 radical (unpaired) electrons. The van der Waals surface area contributed by atoms with Gasteiger partial charge in [-0.3, -0.25) is 0 Å². The van der Waals surface area contributed by atoms with Gasteiger partial charge in [0.25, 0.3) is 0 Å². The van der Waals surface area contributed by atoms with Crippen molar-refractivity contribution < 1.29 is 4.42 Å². The minimum atomic E-state index is -0.215. The van der Waals surface area contributed by atoms with Gasteiger partial charge in [-0.2, -0.15) is 0 Å². The highest BCUT2D eigenvalue weighted by Gasteiger charge is 2.39. The Morgan fingerprint density at radius 2 is 1.35 bits per heavy atom. The summed E-state index contributed by atoms with van der Waals surface area (Å²) in [6.45, 7) is 8.77. The molecule has 1 aromatic heterocycles. The van der Waals surface area contributed by atoms with Crippen LogP contribution in [-0.2, 0) is 5.41 Å². The quantitative estimate of drug-likeness (QED) is 0.159. The normalized spacial score (nSPS) is 13.6. The topological polar surface area (TPSA) is 16.4 Å². The number of allylic oxidation sites excluding steroid dienone is 3. The average molecular weight is 656 g/mol. The summed E-state index contributed by atoms with van der Waals surface area (Å²) in [6, 6.07) is 54.3. The lowest BCUT2D eigenvalue weighted by Crippen LogP contribution is -2.23. The molecule has 2 nitrogen and oxygen atoms in total. The number of anilines is 2. The minimum absolute atomic E-state index is 0.215. The third-order valence-corrected chi connectivity index (χ3v) is 10.4. The van der Waals surface area contributed by atoms with Gasteiger partial charge in [0.15, 0.2) is 0 Å². The molecule has 9 rings (SSSR count). The number of furan rings is 1. The third kappa shape index (κ3) is 5.03. The van der Waals surface area contributed by atoms with E-state index in [0.717, 1.165) is 55.5 Å². The summed E-state index contributed by atoms with van der Waals surface area (Å²) in [7, 11) is 0. The molecule has 1 aliphatic rings. The second-order valence-electron chi connectivity index (χ2n) is 13.8. The molecule has 0 spiro atoms. The second kappa shape index (κ2) is 12.2. The molecular weight excluding hydrogens is 619 g/mol. The third-order valence-electron chi connectivity index (χ3n) is 10.4. The molecule has 0 fully saturated rings. The van der Waals surface area contributed by atoms with Crippen molar-refractivity contribution in [1.29, 1.82) is 0 Å². The van der Waals surface area contributed by atoms with E-state index in [1.807, 2.05) is 12.2 Å². The average Bonchev–Trinajstić information content (AvgIpc) is 3.67. The van der Waals surface area contributed by atoms with Crippen LogP contribution in [0.3, 0.4) is 0 Å². The van der Waals surface area contributed by atoms with Gasteiger partial charge >= 0.3 is 0 Å². The van der Waals surface area contributed by atoms with Gasteiger partial charge in [-0.15, -0.1) is 0 Å². The Balaban J connectivity index is 1.31. The van der Waals surface area contributed by atoms with E-state index in [9.17, 15) is 0 Å². The van der Waals surface area contributed by atoms with E-state index < -0.39 is 0 Å². The molecule has 0 aliphatic heterocycles. The highest BCUT2D eigenvalue weighted by atomic mass is 16.3. The van der Waals surface area contributed by atoms with E-state index in [1.54, 1.807) is 0 Å². The number of rotatable bonds is 7. The van der Waals surface area contributed by atoms with Crippen molar-refractivity contribution in [2.24, 2.45) is 0 Å². The van der Waals surface area contributed by atoms with Gasteiger partial charge in [-0.25, -0.2) is 0 Å². The van der Waals surface area contributed by atoms with Crippen LogP contribution in [0.15, 0.2) is 187 Å². The predicted octanol–water partition coefficient (Wildman–Crippen LogP) is 13.6. The lowest BCUT2D eigenvalue weighted by atomic mass is 9.81. The highest BCUT2D eigenvalue weighted by molar-refractivity contribution is 6.15. The SMILES string of the molecule is C=C/C=C\C(=C\c1ccc2oc3c4ccccc4ccc3c2c1)N(c1ccccc1-c1ccccc1)c1cccc2c1C(C)(C)c1ccccc1-2. The van der Waals surface area contributed by atoms with E-state index in [4.69, 9.17) is 4.42 Å². The van der Waals surface area contributed by atoms with Gasteiger partial charge in [0.2, 0.25) is 0 Å². The zero-order valence-electron chi connectivity index (χ0n) is 28.8. The Morgan fingerprint density at radius 3 is 2.22 bits per heavy atom. The van der Waals surface area contributed by atoms with Crippen LogP contribution < -0.4 is 4.90 Å². The Hall–Kier alpha value is -6.38. The molecule has 0 saturated heterocycles. The molecular formula is C49H37NO. The summed E-state index contributed by atoms with van der Waals surface area (Å²) in [5, 5.41) is 4.52. The summed E-state index contributed by atoms with van der Waals surface area (Å²) in [5.74, 6) is 0. The van der Waals surface area contributed by atoms with Gasteiger partial charge in [0.05, 0.1) is 11.4 Å². The molecule has 244 valence electrons. The van der Waals surface area contributed by atoms with Crippen LogP contribution in [0.5, 0.6) is 0 Å². The van der Waals surface area contributed by atoms with Crippen LogP contribution in [-0.4, -0.2) is 0 Å². The van der Waals surface area contributed by atoms with E-state index in [2.05, 4.69) is 189 Å². The second-order valence-corrected chi connectivity index (χ2v) is 13.8. The largest absolute Gasteiger partial charge is 0.455 e. The number of fused-ring (bicyclic) bond motifs is 8. The maximum Gasteiger partial charge on any atom is 0.143 e. The molecule has 0 atom stereocenters. The van der Waals surface area contributed by atoms with E-state index in [0.29, 0.717) is 0 Å². The molecule has 0 unspecified atom stereocenters. The van der Waals surface area contributed by atoms with Gasteiger partial charge in [0.1, 0.15) is 11.2 Å². The first-order valence-electron chi connectivity index (χ1n) is 17.6. The fourth-order valence-corrected chi connectivity index (χ4v) is 8.08. The summed E-state index contributed by atoms with van der Waals surface area (Å²) in [5.41, 5.74) is 13.5. The van der Waals surface area contributed by atoms with Gasteiger partial charge in [-0.1, -0.05) is 154 Å². The molecule has 0 amide bonds. The predicted molar refractivity (Wildman–Crippen MR) is 217 cm³/mol. The van der Waals surface area contributed by atoms with Crippen LogP contribution in [0.25, 0.3) is 61.0 Å². The standard InChI is InChI=1S/C49H37NO/c1-4-5-19-36(31-33-27-30-46-42(32-33)41-29-28-35-18-9-10-21-38(35)48(41)51-46)50(44-25-14-12-20-37(44)34-16-7-6-8-17-34)45-26-15-23-40-39-22-11-13-24-43(39)49(2,3)47(40)45/h4-32H,1H2,2-3H3/b19-5-,36-31-. The first-order chi connectivity index (χ1) is 25.0. The lowest BCUT2D eigenvalue weighted by Gasteiger charge is -2.34. The number of hydrogen-bond donors (Lipinski definition) is 0. The summed E-state index contributed by atoms with van der Waals surface area (Å²) < 4.78 is 6.49. The number of nitrogens with zero attached hydrogens (tertiary/aromatic N) is 1. The number of benzene rings is 7. The minimum Gasteiger partial charge on any atom is -0.455 e. The Kier molecular flexibility index (Phi) is 7.33. The molecule has 1 heterocycles. The maximum atomic E-state index is 6.49. The zero-order valence-corrected chi connectivity index (χ0v) is 28.8. The van der Waals surface area contributed by atoms with Gasteiger partial charge in [-0.05, 0) is 81.3 Å². The summed E-state index contributed by atoms with van der Waals surface area (Å²) in [4.78, 5) is 2.44. The molecule has 0 N–H and O–H groups in total. The van der Waals surface area contributed by atoms with Crippen molar-refractivity contribution in [3.8, 4) is 22.3 Å². The highest BCUT2D eigenvalue weighted by Crippen LogP contribution is 2.54. The molecule has 0 bridgehead atoms. The number of hydrogen-bond acceptors (Lipinski definition) is 2. The van der Waals surface area contributed by atoms with Crippen LogP contribution in [0.1, 0.15) is 30.5 Å². The molecule has 7 aromatic carbocycles.